The first-order valence-electron chi connectivity index (χ1n) is 13.5. The number of fused-ring (bicyclic) bond motifs is 3. The Balaban J connectivity index is 1.32. The van der Waals surface area contributed by atoms with Gasteiger partial charge in [-0.1, -0.05) is 48.5 Å². The Morgan fingerprint density at radius 2 is 1.50 bits per heavy atom. The number of likely N-dealkylation sites (tertiary alicyclic amines) is 1. The van der Waals surface area contributed by atoms with Crippen LogP contribution in [0.1, 0.15) is 63.5 Å². The van der Waals surface area contributed by atoms with Crippen LogP contribution in [-0.4, -0.2) is 70.4 Å². The van der Waals surface area contributed by atoms with Crippen molar-refractivity contribution >= 4 is 18.2 Å². The average Bonchev–Trinajstić information content (AvgIpc) is 3.66. The molecular formula is C30H36N2O6. The van der Waals surface area contributed by atoms with E-state index in [-0.39, 0.29) is 30.6 Å². The van der Waals surface area contributed by atoms with E-state index in [0.717, 1.165) is 35.1 Å². The van der Waals surface area contributed by atoms with Gasteiger partial charge in [-0.05, 0) is 74.6 Å². The smallest absolute Gasteiger partial charge is 0.410 e. The minimum atomic E-state index is -1.00. The van der Waals surface area contributed by atoms with E-state index in [2.05, 4.69) is 24.3 Å². The number of carboxylic acid groups (broad SMARTS) is 1. The molecule has 2 fully saturated rings. The second kappa shape index (κ2) is 10.3. The Morgan fingerprint density at radius 3 is 2.00 bits per heavy atom. The van der Waals surface area contributed by atoms with Crippen molar-refractivity contribution in [3.05, 3.63) is 59.7 Å². The minimum absolute atomic E-state index is 0.0723. The predicted octanol–water partition coefficient (Wildman–Crippen LogP) is 5.50. The third-order valence-electron chi connectivity index (χ3n) is 7.68. The van der Waals surface area contributed by atoms with Gasteiger partial charge in [0.2, 0.25) is 0 Å². The summed E-state index contributed by atoms with van der Waals surface area (Å²) >= 11 is 0. The molecule has 1 atom stereocenters. The maximum Gasteiger partial charge on any atom is 0.410 e. The summed E-state index contributed by atoms with van der Waals surface area (Å²) in [5, 5.41) is 10.1. The number of benzene rings is 2. The van der Waals surface area contributed by atoms with Gasteiger partial charge in [-0.25, -0.2) is 14.4 Å². The second-order valence-electron chi connectivity index (χ2n) is 11.5. The van der Waals surface area contributed by atoms with E-state index in [9.17, 15) is 19.5 Å². The maximum absolute atomic E-state index is 13.6. The van der Waals surface area contributed by atoms with E-state index in [1.54, 1.807) is 4.90 Å². The average molecular weight is 521 g/mol. The van der Waals surface area contributed by atoms with Crippen LogP contribution in [0.25, 0.3) is 11.1 Å². The van der Waals surface area contributed by atoms with Crippen LogP contribution in [0.5, 0.6) is 0 Å². The summed E-state index contributed by atoms with van der Waals surface area (Å²) in [6.07, 6.45) is 1.52. The van der Waals surface area contributed by atoms with Gasteiger partial charge in [0.25, 0.3) is 0 Å². The molecule has 0 bridgehead atoms. The molecule has 1 N–H and O–H groups in total. The Hall–Kier alpha value is -3.55. The summed E-state index contributed by atoms with van der Waals surface area (Å²) in [7, 11) is 0. The first-order chi connectivity index (χ1) is 18.1. The van der Waals surface area contributed by atoms with E-state index in [0.29, 0.717) is 25.9 Å². The molecule has 3 aliphatic rings. The number of rotatable bonds is 6. The Morgan fingerprint density at radius 1 is 0.947 bits per heavy atom. The van der Waals surface area contributed by atoms with Crippen LogP contribution in [0.3, 0.4) is 0 Å². The van der Waals surface area contributed by atoms with Crippen molar-refractivity contribution in [3.63, 3.8) is 0 Å². The Kier molecular flexibility index (Phi) is 7.07. The number of hydrogen-bond acceptors (Lipinski definition) is 5. The number of ether oxygens (including phenoxy) is 2. The van der Waals surface area contributed by atoms with Gasteiger partial charge < -0.3 is 19.5 Å². The van der Waals surface area contributed by atoms with Gasteiger partial charge in [-0.3, -0.25) is 4.90 Å². The molecule has 1 aliphatic heterocycles. The Bertz CT molecular complexity index is 1160. The number of carbonyl (C=O) groups is 3. The number of carboxylic acids is 1. The van der Waals surface area contributed by atoms with Crippen molar-refractivity contribution in [1.82, 2.24) is 9.80 Å². The van der Waals surface area contributed by atoms with Crippen LogP contribution in [0, 0.1) is 5.92 Å². The molecule has 0 spiro atoms. The zero-order valence-corrected chi connectivity index (χ0v) is 22.3. The van der Waals surface area contributed by atoms with Gasteiger partial charge in [-0.15, -0.1) is 0 Å². The molecule has 2 amide bonds. The van der Waals surface area contributed by atoms with Crippen molar-refractivity contribution in [2.75, 3.05) is 19.7 Å². The highest BCUT2D eigenvalue weighted by molar-refractivity contribution is 5.82. The predicted molar refractivity (Wildman–Crippen MR) is 142 cm³/mol. The third-order valence-corrected chi connectivity index (χ3v) is 7.68. The summed E-state index contributed by atoms with van der Waals surface area (Å²) in [5.41, 5.74) is 3.89. The number of aliphatic carboxylic acids is 1. The molecule has 8 heteroatoms. The van der Waals surface area contributed by atoms with E-state index in [1.165, 1.54) is 4.90 Å². The lowest BCUT2D eigenvalue weighted by Crippen LogP contribution is -2.56. The zero-order valence-electron chi connectivity index (χ0n) is 22.3. The topological polar surface area (TPSA) is 96.4 Å². The molecule has 2 aromatic rings. The molecule has 1 heterocycles. The molecule has 8 nitrogen and oxygen atoms in total. The molecule has 2 aromatic carbocycles. The second-order valence-corrected chi connectivity index (χ2v) is 11.5. The van der Waals surface area contributed by atoms with E-state index < -0.39 is 23.7 Å². The summed E-state index contributed by atoms with van der Waals surface area (Å²) < 4.78 is 11.4. The largest absolute Gasteiger partial charge is 0.480 e. The van der Waals surface area contributed by atoms with Crippen molar-refractivity contribution in [1.29, 1.82) is 0 Å². The number of hydrogen-bond donors (Lipinski definition) is 1. The molecule has 0 radical (unpaired) electrons. The van der Waals surface area contributed by atoms with E-state index in [4.69, 9.17) is 9.47 Å². The first kappa shape index (κ1) is 26.1. The molecule has 1 saturated carbocycles. The molecule has 1 saturated heterocycles. The van der Waals surface area contributed by atoms with Crippen LogP contribution in [-0.2, 0) is 14.3 Å². The quantitative estimate of drug-likeness (QED) is 0.540. The lowest BCUT2D eigenvalue weighted by Gasteiger charge is -2.40. The number of amides is 2. The molecular weight excluding hydrogens is 484 g/mol. The highest BCUT2D eigenvalue weighted by atomic mass is 16.6. The molecule has 1 unspecified atom stereocenters. The van der Waals surface area contributed by atoms with Crippen LogP contribution < -0.4 is 0 Å². The first-order valence-corrected chi connectivity index (χ1v) is 13.5. The van der Waals surface area contributed by atoms with Crippen LogP contribution in [0.4, 0.5) is 9.59 Å². The standard InChI is InChI=1S/C30H36N2O6/c1-30(2,3)38-28(35)31-16-14-20(15-17-31)32(26(27(33)34)19-12-13-19)29(36)37-18-25-23-10-6-4-8-21(23)22-9-5-7-11-24(22)25/h4-11,19-20,25-26H,12-18H2,1-3H3,(H,33,34). The van der Waals surface area contributed by atoms with Crippen LogP contribution in [0.15, 0.2) is 48.5 Å². The normalized spacial score (nSPS) is 18.3. The number of piperidine rings is 1. The van der Waals surface area contributed by atoms with Crippen molar-refractivity contribution in [3.8, 4) is 11.1 Å². The highest BCUT2D eigenvalue weighted by Crippen LogP contribution is 2.45. The zero-order chi connectivity index (χ0) is 27.0. The lowest BCUT2D eigenvalue weighted by molar-refractivity contribution is -0.145. The van der Waals surface area contributed by atoms with Crippen molar-refractivity contribution in [2.24, 2.45) is 5.92 Å². The van der Waals surface area contributed by atoms with Gasteiger partial charge in [0.1, 0.15) is 18.2 Å². The number of nitrogens with zero attached hydrogens (tertiary/aromatic N) is 2. The monoisotopic (exact) mass is 520 g/mol. The summed E-state index contributed by atoms with van der Waals surface area (Å²) in [6, 6.07) is 15.0. The minimum Gasteiger partial charge on any atom is -0.480 e. The van der Waals surface area contributed by atoms with Crippen LogP contribution in [0.2, 0.25) is 0 Å². The summed E-state index contributed by atoms with van der Waals surface area (Å²) in [6.45, 7) is 6.39. The van der Waals surface area contributed by atoms with Crippen molar-refractivity contribution < 1.29 is 29.0 Å². The third kappa shape index (κ3) is 5.35. The van der Waals surface area contributed by atoms with E-state index >= 15 is 0 Å². The van der Waals surface area contributed by atoms with Gasteiger partial charge in [0.05, 0.1) is 0 Å². The van der Waals surface area contributed by atoms with Gasteiger partial charge in [0, 0.05) is 25.0 Å². The fourth-order valence-corrected chi connectivity index (χ4v) is 5.77. The van der Waals surface area contributed by atoms with Gasteiger partial charge >= 0.3 is 18.2 Å². The van der Waals surface area contributed by atoms with Gasteiger partial charge in [-0.2, -0.15) is 0 Å². The highest BCUT2D eigenvalue weighted by Gasteiger charge is 2.47. The Labute approximate surface area is 223 Å². The summed E-state index contributed by atoms with van der Waals surface area (Å²) in [4.78, 5) is 41.6. The molecule has 5 rings (SSSR count). The maximum atomic E-state index is 13.6. The fourth-order valence-electron chi connectivity index (χ4n) is 5.77. The van der Waals surface area contributed by atoms with Crippen LogP contribution >= 0.6 is 0 Å². The molecule has 2 aliphatic carbocycles. The SMILES string of the molecule is CC(C)(C)OC(=O)N1CCC(N(C(=O)OCC2c3ccccc3-c3ccccc32)C(C(=O)O)C2CC2)CC1. The molecule has 38 heavy (non-hydrogen) atoms. The molecule has 202 valence electrons. The van der Waals surface area contributed by atoms with Crippen molar-refractivity contribution in [2.45, 2.75) is 70.1 Å². The lowest BCUT2D eigenvalue weighted by atomic mass is 9.98. The molecule has 0 aromatic heterocycles. The summed E-state index contributed by atoms with van der Waals surface area (Å²) in [5.74, 6) is -1.18. The number of carbonyl (C=O) groups excluding carboxylic acids is 2. The fraction of sp³-hybridized carbons (Fsp3) is 0.500. The van der Waals surface area contributed by atoms with Gasteiger partial charge in [0.15, 0.2) is 0 Å². The van der Waals surface area contributed by atoms with E-state index in [1.807, 2.05) is 45.0 Å².